The summed E-state index contributed by atoms with van der Waals surface area (Å²) in [5.74, 6) is 0. The molecule has 2 rings (SSSR count). The number of rotatable bonds is 4. The number of nitrogens with one attached hydrogen (secondary N) is 2. The molecule has 2 N–H and O–H groups in total. The van der Waals surface area contributed by atoms with Gasteiger partial charge in [0.1, 0.15) is 0 Å². The molecule has 5 heteroatoms. The zero-order chi connectivity index (χ0) is 15.0. The van der Waals surface area contributed by atoms with Gasteiger partial charge in [-0.3, -0.25) is 0 Å². The second-order valence-electron chi connectivity index (χ2n) is 6.11. The van der Waals surface area contributed by atoms with Crippen LogP contribution in [0.1, 0.15) is 44.7 Å². The van der Waals surface area contributed by atoms with Crippen LogP contribution < -0.4 is 10.0 Å². The largest absolute Gasteiger partial charge is 0.385 e. The highest BCUT2D eigenvalue weighted by Gasteiger charge is 2.28. The van der Waals surface area contributed by atoms with Gasteiger partial charge in [0, 0.05) is 17.8 Å². The molecule has 0 radical (unpaired) electrons. The molecule has 0 saturated heterocycles. The number of benzene rings is 1. The lowest BCUT2D eigenvalue weighted by Crippen LogP contribution is -2.43. The lowest BCUT2D eigenvalue weighted by Gasteiger charge is -2.27. The highest BCUT2D eigenvalue weighted by molar-refractivity contribution is 7.89. The molecule has 20 heavy (non-hydrogen) atoms. The summed E-state index contributed by atoms with van der Waals surface area (Å²) < 4.78 is 28.1. The molecule has 0 spiro atoms. The van der Waals surface area contributed by atoms with Gasteiger partial charge in [-0.2, -0.15) is 0 Å². The van der Waals surface area contributed by atoms with Gasteiger partial charge in [-0.05, 0) is 57.2 Å². The van der Waals surface area contributed by atoms with E-state index in [-0.39, 0.29) is 0 Å². The number of sulfonamides is 1. The highest BCUT2D eigenvalue weighted by Crippen LogP contribution is 2.32. The van der Waals surface area contributed by atoms with E-state index in [4.69, 9.17) is 0 Å². The maximum atomic E-state index is 12.7. The van der Waals surface area contributed by atoms with Crippen molar-refractivity contribution in [2.45, 2.75) is 57.4 Å². The van der Waals surface area contributed by atoms with Crippen LogP contribution in [-0.2, 0) is 16.4 Å². The zero-order valence-electron chi connectivity index (χ0n) is 12.7. The lowest BCUT2D eigenvalue weighted by molar-refractivity contribution is 0.439. The minimum atomic E-state index is -3.48. The quantitative estimate of drug-likeness (QED) is 0.898. The van der Waals surface area contributed by atoms with Crippen molar-refractivity contribution < 1.29 is 8.42 Å². The van der Waals surface area contributed by atoms with E-state index in [1.54, 1.807) is 6.07 Å². The van der Waals surface area contributed by atoms with Crippen LogP contribution in [0, 0.1) is 6.92 Å². The molecule has 0 saturated carbocycles. The molecule has 4 nitrogen and oxygen atoms in total. The Labute approximate surface area is 122 Å². The minimum absolute atomic E-state index is 0.423. The Bertz CT molecular complexity index is 607. The van der Waals surface area contributed by atoms with E-state index in [1.165, 1.54) is 0 Å². The van der Waals surface area contributed by atoms with Gasteiger partial charge in [-0.1, -0.05) is 13.0 Å². The standard InChI is InChI=1S/C15H24N2O2S/c1-5-15(3,4)17-20(18,19)13-9-8-11(2)14-12(13)7-6-10-16-14/h8-9,16-17H,5-7,10H2,1-4H3. The van der Waals surface area contributed by atoms with Gasteiger partial charge >= 0.3 is 0 Å². The highest BCUT2D eigenvalue weighted by atomic mass is 32.2. The number of hydrogen-bond donors (Lipinski definition) is 2. The third-order valence-electron chi connectivity index (χ3n) is 3.97. The Balaban J connectivity index is 2.48. The van der Waals surface area contributed by atoms with Crippen molar-refractivity contribution in [1.29, 1.82) is 0 Å². The molecule has 1 aliphatic heterocycles. The minimum Gasteiger partial charge on any atom is -0.385 e. The molecule has 0 unspecified atom stereocenters. The van der Waals surface area contributed by atoms with Gasteiger partial charge in [0.25, 0.3) is 0 Å². The Morgan fingerprint density at radius 1 is 1.35 bits per heavy atom. The number of hydrogen-bond acceptors (Lipinski definition) is 3. The fourth-order valence-electron chi connectivity index (χ4n) is 2.46. The van der Waals surface area contributed by atoms with Crippen molar-refractivity contribution in [3.05, 3.63) is 23.3 Å². The normalized spacial score (nSPS) is 15.6. The van der Waals surface area contributed by atoms with Crippen molar-refractivity contribution >= 4 is 15.7 Å². The molecule has 112 valence electrons. The van der Waals surface area contributed by atoms with Crippen LogP contribution in [0.2, 0.25) is 0 Å². The summed E-state index contributed by atoms with van der Waals surface area (Å²) in [5, 5.41) is 3.33. The van der Waals surface area contributed by atoms with Crippen LogP contribution in [0.5, 0.6) is 0 Å². The van der Waals surface area contributed by atoms with Crippen LogP contribution in [-0.4, -0.2) is 20.5 Å². The van der Waals surface area contributed by atoms with Crippen LogP contribution in [0.3, 0.4) is 0 Å². The molecule has 0 aliphatic carbocycles. The summed E-state index contributed by atoms with van der Waals surface area (Å²) in [7, 11) is -3.48. The number of fused-ring (bicyclic) bond motifs is 1. The summed E-state index contributed by atoms with van der Waals surface area (Å²) in [6.45, 7) is 8.71. The molecule has 0 atom stereocenters. The van der Waals surface area contributed by atoms with Gasteiger partial charge < -0.3 is 5.32 Å². The smallest absolute Gasteiger partial charge is 0.241 e. The molecule has 0 fully saturated rings. The third kappa shape index (κ3) is 2.99. The van der Waals surface area contributed by atoms with Gasteiger partial charge in [0.15, 0.2) is 0 Å². The SMILES string of the molecule is CCC(C)(C)NS(=O)(=O)c1ccc(C)c2c1CCCN2. The predicted octanol–water partition coefficient (Wildman–Crippen LogP) is 2.82. The van der Waals surface area contributed by atoms with E-state index in [2.05, 4.69) is 10.0 Å². The first-order valence-electron chi connectivity index (χ1n) is 7.17. The van der Waals surface area contributed by atoms with E-state index in [0.717, 1.165) is 42.6 Å². The first-order chi connectivity index (χ1) is 9.27. The second-order valence-corrected chi connectivity index (χ2v) is 7.76. The van der Waals surface area contributed by atoms with Gasteiger partial charge in [0.05, 0.1) is 4.90 Å². The summed E-state index contributed by atoms with van der Waals surface area (Å²) in [6, 6.07) is 3.61. The summed E-state index contributed by atoms with van der Waals surface area (Å²) in [6.07, 6.45) is 2.53. The first kappa shape index (κ1) is 15.3. The molecule has 1 aromatic carbocycles. The lowest BCUT2D eigenvalue weighted by atomic mass is 10.00. The second kappa shape index (κ2) is 5.37. The van der Waals surface area contributed by atoms with Gasteiger partial charge in [-0.15, -0.1) is 0 Å². The molecule has 1 heterocycles. The Morgan fingerprint density at radius 3 is 2.70 bits per heavy atom. The fourth-order valence-corrected chi connectivity index (χ4v) is 4.22. The molecular weight excluding hydrogens is 272 g/mol. The van der Waals surface area contributed by atoms with Crippen molar-refractivity contribution in [2.75, 3.05) is 11.9 Å². The number of anilines is 1. The van der Waals surface area contributed by atoms with E-state index in [1.807, 2.05) is 33.8 Å². The van der Waals surface area contributed by atoms with Crippen LogP contribution in [0.4, 0.5) is 5.69 Å². The van der Waals surface area contributed by atoms with E-state index in [0.29, 0.717) is 4.90 Å². The maximum Gasteiger partial charge on any atom is 0.241 e. The third-order valence-corrected chi connectivity index (χ3v) is 5.75. The molecule has 0 bridgehead atoms. The molecule has 0 aromatic heterocycles. The topological polar surface area (TPSA) is 58.2 Å². The first-order valence-corrected chi connectivity index (χ1v) is 8.65. The summed E-state index contributed by atoms with van der Waals surface area (Å²) in [4.78, 5) is 0.423. The molecule has 1 aliphatic rings. The van der Waals surface area contributed by atoms with Crippen LogP contribution in [0.25, 0.3) is 0 Å². The molecular formula is C15H24N2O2S. The van der Waals surface area contributed by atoms with Crippen molar-refractivity contribution in [1.82, 2.24) is 4.72 Å². The van der Waals surface area contributed by atoms with Crippen LogP contribution in [0.15, 0.2) is 17.0 Å². The fraction of sp³-hybridized carbons (Fsp3) is 0.600. The average molecular weight is 296 g/mol. The van der Waals surface area contributed by atoms with Gasteiger partial charge in [-0.25, -0.2) is 13.1 Å². The van der Waals surface area contributed by atoms with Crippen LogP contribution >= 0.6 is 0 Å². The van der Waals surface area contributed by atoms with E-state index in [9.17, 15) is 8.42 Å². The Morgan fingerprint density at radius 2 is 2.05 bits per heavy atom. The summed E-state index contributed by atoms with van der Waals surface area (Å²) in [5.41, 5.74) is 2.59. The van der Waals surface area contributed by atoms with Crippen molar-refractivity contribution in [3.63, 3.8) is 0 Å². The van der Waals surface area contributed by atoms with Crippen molar-refractivity contribution in [2.24, 2.45) is 0 Å². The maximum absolute atomic E-state index is 12.7. The predicted molar refractivity (Wildman–Crippen MR) is 82.7 cm³/mol. The molecule has 0 amide bonds. The van der Waals surface area contributed by atoms with E-state index >= 15 is 0 Å². The van der Waals surface area contributed by atoms with E-state index < -0.39 is 15.6 Å². The monoisotopic (exact) mass is 296 g/mol. The molecule has 1 aromatic rings. The zero-order valence-corrected chi connectivity index (χ0v) is 13.5. The Hall–Kier alpha value is -1.07. The van der Waals surface area contributed by atoms with Gasteiger partial charge in [0.2, 0.25) is 10.0 Å². The number of aryl methyl sites for hydroxylation is 1. The van der Waals surface area contributed by atoms with Crippen molar-refractivity contribution in [3.8, 4) is 0 Å². The Kier molecular flexibility index (Phi) is 4.12. The average Bonchev–Trinajstić information content (AvgIpc) is 2.38. The summed E-state index contributed by atoms with van der Waals surface area (Å²) >= 11 is 0.